The first-order valence-corrected chi connectivity index (χ1v) is 5.99. The molecule has 0 aliphatic heterocycles. The topological polar surface area (TPSA) is 42.0 Å². The molecule has 0 aliphatic carbocycles. The van der Waals surface area contributed by atoms with Crippen molar-refractivity contribution in [2.24, 2.45) is 0 Å². The molecule has 1 heterocycles. The van der Waals surface area contributed by atoms with Crippen LogP contribution in [0.3, 0.4) is 0 Å². The Hall–Kier alpha value is -1.87. The minimum Gasteiger partial charge on any atom is -0.348 e. The van der Waals surface area contributed by atoms with Gasteiger partial charge in [-0.2, -0.15) is 0 Å². The maximum Gasteiger partial charge on any atom is 0.254 e. The maximum atomic E-state index is 11.9. The zero-order chi connectivity index (χ0) is 13.0. The lowest BCUT2D eigenvalue weighted by molar-refractivity contribution is 0.0950. The van der Waals surface area contributed by atoms with E-state index in [-0.39, 0.29) is 5.91 Å². The third-order valence-corrected chi connectivity index (χ3v) is 2.84. The van der Waals surface area contributed by atoms with Gasteiger partial charge in [0.05, 0.1) is 10.6 Å². The van der Waals surface area contributed by atoms with E-state index in [2.05, 4.69) is 10.3 Å². The molecule has 0 fully saturated rings. The molecule has 0 unspecified atom stereocenters. The molecule has 0 atom stereocenters. The molecule has 92 valence electrons. The van der Waals surface area contributed by atoms with Crippen molar-refractivity contribution in [3.8, 4) is 0 Å². The highest BCUT2D eigenvalue weighted by Gasteiger charge is 2.10. The molecule has 4 heteroatoms. The normalized spacial score (nSPS) is 10.1. The molecule has 0 bridgehead atoms. The lowest BCUT2D eigenvalue weighted by Crippen LogP contribution is -2.23. The summed E-state index contributed by atoms with van der Waals surface area (Å²) in [6.07, 6.45) is 1.50. The van der Waals surface area contributed by atoms with Gasteiger partial charge in [-0.3, -0.25) is 9.78 Å². The first-order valence-electron chi connectivity index (χ1n) is 5.61. The van der Waals surface area contributed by atoms with Crippen molar-refractivity contribution < 1.29 is 4.79 Å². The molecular formula is C14H13ClN2O. The van der Waals surface area contributed by atoms with Gasteiger partial charge in [0.1, 0.15) is 0 Å². The maximum absolute atomic E-state index is 11.9. The molecule has 2 rings (SSSR count). The number of pyridine rings is 1. The number of nitrogens with one attached hydrogen (secondary N) is 1. The van der Waals surface area contributed by atoms with Crippen LogP contribution in [0.25, 0.3) is 0 Å². The van der Waals surface area contributed by atoms with Crippen LogP contribution >= 0.6 is 11.6 Å². The Balaban J connectivity index is 2.04. The van der Waals surface area contributed by atoms with E-state index in [4.69, 9.17) is 11.6 Å². The van der Waals surface area contributed by atoms with Crippen molar-refractivity contribution in [1.82, 2.24) is 10.3 Å². The lowest BCUT2D eigenvalue weighted by Gasteiger charge is -2.07. The second-order valence-corrected chi connectivity index (χ2v) is 4.38. The number of carbonyl (C=O) groups excluding carboxylic acids is 1. The van der Waals surface area contributed by atoms with E-state index < -0.39 is 0 Å². The fourth-order valence-electron chi connectivity index (χ4n) is 1.57. The van der Waals surface area contributed by atoms with Crippen LogP contribution in [-0.4, -0.2) is 10.9 Å². The number of aromatic nitrogens is 1. The summed E-state index contributed by atoms with van der Waals surface area (Å²) in [5, 5.41) is 3.24. The number of amides is 1. The van der Waals surface area contributed by atoms with Gasteiger partial charge in [0.2, 0.25) is 0 Å². The zero-order valence-electron chi connectivity index (χ0n) is 9.98. The summed E-state index contributed by atoms with van der Waals surface area (Å²) in [5.41, 5.74) is 2.24. The van der Waals surface area contributed by atoms with Gasteiger partial charge in [-0.15, -0.1) is 0 Å². The van der Waals surface area contributed by atoms with Crippen molar-refractivity contribution in [2.45, 2.75) is 13.5 Å². The minimum atomic E-state index is -0.212. The smallest absolute Gasteiger partial charge is 0.254 e. The average molecular weight is 261 g/mol. The van der Waals surface area contributed by atoms with Gasteiger partial charge in [0.25, 0.3) is 5.91 Å². The third kappa shape index (κ3) is 3.08. The molecule has 1 aromatic heterocycles. The van der Waals surface area contributed by atoms with Gasteiger partial charge in [0, 0.05) is 18.4 Å². The van der Waals surface area contributed by atoms with Crippen molar-refractivity contribution in [1.29, 1.82) is 0 Å². The molecule has 0 spiro atoms. The van der Waals surface area contributed by atoms with Crippen LogP contribution in [0.4, 0.5) is 0 Å². The first kappa shape index (κ1) is 12.6. The predicted octanol–water partition coefficient (Wildman–Crippen LogP) is 2.97. The molecule has 0 saturated heterocycles. The minimum absolute atomic E-state index is 0.212. The van der Waals surface area contributed by atoms with E-state index in [0.717, 1.165) is 11.3 Å². The zero-order valence-corrected chi connectivity index (χ0v) is 10.7. The van der Waals surface area contributed by atoms with E-state index in [1.807, 2.05) is 37.3 Å². The molecule has 18 heavy (non-hydrogen) atoms. The Morgan fingerprint density at radius 1 is 1.33 bits per heavy atom. The van der Waals surface area contributed by atoms with Crippen molar-refractivity contribution in [3.63, 3.8) is 0 Å². The summed E-state index contributed by atoms with van der Waals surface area (Å²) in [4.78, 5) is 16.0. The molecule has 1 amide bonds. The van der Waals surface area contributed by atoms with Crippen molar-refractivity contribution in [3.05, 3.63) is 64.4 Å². The van der Waals surface area contributed by atoms with E-state index in [0.29, 0.717) is 17.1 Å². The number of halogens is 1. The Labute approximate surface area is 111 Å². The number of rotatable bonds is 3. The molecule has 0 radical (unpaired) electrons. The SMILES string of the molecule is Cc1cc(Cl)c(C(=O)NCc2ccccc2)cn1. The fraction of sp³-hybridized carbons (Fsp3) is 0.143. The molecule has 3 nitrogen and oxygen atoms in total. The summed E-state index contributed by atoms with van der Waals surface area (Å²) in [5.74, 6) is -0.212. The number of nitrogens with zero attached hydrogens (tertiary/aromatic N) is 1. The van der Waals surface area contributed by atoms with Crippen LogP contribution in [0.1, 0.15) is 21.6 Å². The number of hydrogen-bond acceptors (Lipinski definition) is 2. The summed E-state index contributed by atoms with van der Waals surface area (Å²) < 4.78 is 0. The molecule has 0 aliphatic rings. The summed E-state index contributed by atoms with van der Waals surface area (Å²) in [6.45, 7) is 2.31. The largest absolute Gasteiger partial charge is 0.348 e. The highest BCUT2D eigenvalue weighted by atomic mass is 35.5. The number of carbonyl (C=O) groups is 1. The van der Waals surface area contributed by atoms with Crippen LogP contribution in [-0.2, 0) is 6.54 Å². The Bertz CT molecular complexity index is 555. The summed E-state index contributed by atoms with van der Waals surface area (Å²) in [6, 6.07) is 11.4. The third-order valence-electron chi connectivity index (χ3n) is 2.53. The van der Waals surface area contributed by atoms with E-state index in [9.17, 15) is 4.79 Å². The first-order chi connectivity index (χ1) is 8.66. The Kier molecular flexibility index (Phi) is 3.95. The quantitative estimate of drug-likeness (QED) is 0.922. The lowest BCUT2D eigenvalue weighted by atomic mass is 10.2. The predicted molar refractivity (Wildman–Crippen MR) is 71.6 cm³/mol. The molecule has 1 N–H and O–H groups in total. The van der Waals surface area contributed by atoms with Crippen LogP contribution < -0.4 is 5.32 Å². The second-order valence-electron chi connectivity index (χ2n) is 3.97. The number of aryl methyl sites for hydroxylation is 1. The van der Waals surface area contributed by atoms with Gasteiger partial charge < -0.3 is 5.32 Å². The summed E-state index contributed by atoms with van der Waals surface area (Å²) >= 11 is 6.01. The van der Waals surface area contributed by atoms with Crippen LogP contribution in [0, 0.1) is 6.92 Å². The van der Waals surface area contributed by atoms with E-state index in [1.54, 1.807) is 6.07 Å². The standard InChI is InChI=1S/C14H13ClN2O/c1-10-7-13(15)12(9-16-10)14(18)17-8-11-5-3-2-4-6-11/h2-7,9H,8H2,1H3,(H,17,18). The summed E-state index contributed by atoms with van der Waals surface area (Å²) in [7, 11) is 0. The van der Waals surface area contributed by atoms with Gasteiger partial charge in [-0.1, -0.05) is 41.9 Å². The average Bonchev–Trinajstić information content (AvgIpc) is 2.37. The second kappa shape index (κ2) is 5.65. The molecular weight excluding hydrogens is 248 g/mol. The fourth-order valence-corrected chi connectivity index (χ4v) is 1.86. The highest BCUT2D eigenvalue weighted by Crippen LogP contribution is 2.15. The van der Waals surface area contributed by atoms with Gasteiger partial charge in [-0.05, 0) is 18.6 Å². The Morgan fingerprint density at radius 3 is 2.72 bits per heavy atom. The van der Waals surface area contributed by atoms with Gasteiger partial charge >= 0.3 is 0 Å². The molecule has 0 saturated carbocycles. The molecule has 2 aromatic rings. The monoisotopic (exact) mass is 260 g/mol. The van der Waals surface area contributed by atoms with E-state index in [1.165, 1.54) is 6.20 Å². The van der Waals surface area contributed by atoms with Gasteiger partial charge in [-0.25, -0.2) is 0 Å². The van der Waals surface area contributed by atoms with Crippen molar-refractivity contribution >= 4 is 17.5 Å². The van der Waals surface area contributed by atoms with Crippen molar-refractivity contribution in [2.75, 3.05) is 0 Å². The highest BCUT2D eigenvalue weighted by molar-refractivity contribution is 6.33. The molecule has 1 aromatic carbocycles. The van der Waals surface area contributed by atoms with Gasteiger partial charge in [0.15, 0.2) is 0 Å². The Morgan fingerprint density at radius 2 is 2.06 bits per heavy atom. The van der Waals surface area contributed by atoms with E-state index >= 15 is 0 Å². The van der Waals surface area contributed by atoms with Crippen LogP contribution in [0.2, 0.25) is 5.02 Å². The number of hydrogen-bond donors (Lipinski definition) is 1. The van der Waals surface area contributed by atoms with Crippen LogP contribution in [0.5, 0.6) is 0 Å². The number of benzene rings is 1. The van der Waals surface area contributed by atoms with Crippen LogP contribution in [0.15, 0.2) is 42.6 Å².